The molecule has 1 amide bonds. The van der Waals surface area contributed by atoms with Gasteiger partial charge in [0.15, 0.2) is 0 Å². The summed E-state index contributed by atoms with van der Waals surface area (Å²) in [6, 6.07) is 21.5. The van der Waals surface area contributed by atoms with Gasteiger partial charge in [-0.25, -0.2) is 0 Å². The van der Waals surface area contributed by atoms with Crippen LogP contribution in [-0.2, 0) is 4.79 Å². The quantitative estimate of drug-likeness (QED) is 0.886. The van der Waals surface area contributed by atoms with Crippen molar-refractivity contribution in [3.05, 3.63) is 71.8 Å². The molecule has 126 valence electrons. The highest BCUT2D eigenvalue weighted by Gasteiger charge is 2.31. The number of carbonyl (C=O) groups is 1. The van der Waals surface area contributed by atoms with E-state index in [1.54, 1.807) is 7.05 Å². The maximum Gasteiger partial charge on any atom is 0.221 e. The molecule has 1 aliphatic heterocycles. The molecule has 0 saturated carbocycles. The van der Waals surface area contributed by atoms with Gasteiger partial charge in [-0.3, -0.25) is 9.69 Å². The van der Waals surface area contributed by atoms with Crippen LogP contribution in [0.2, 0.25) is 0 Å². The monoisotopic (exact) mass is 323 g/mol. The Balaban J connectivity index is 1.95. The third kappa shape index (κ3) is 3.83. The first kappa shape index (κ1) is 16.7. The average molecular weight is 323 g/mol. The summed E-state index contributed by atoms with van der Waals surface area (Å²) in [5.74, 6) is 0.0913. The van der Waals surface area contributed by atoms with Gasteiger partial charge in [-0.05, 0) is 11.1 Å². The van der Waals surface area contributed by atoms with Gasteiger partial charge in [-0.15, -0.1) is 0 Å². The molecule has 24 heavy (non-hydrogen) atoms. The second-order valence-electron chi connectivity index (χ2n) is 6.20. The molecule has 0 bridgehead atoms. The van der Waals surface area contributed by atoms with Crippen molar-refractivity contribution in [1.29, 1.82) is 0 Å². The van der Waals surface area contributed by atoms with Gasteiger partial charge in [0.05, 0.1) is 6.04 Å². The van der Waals surface area contributed by atoms with Crippen molar-refractivity contribution in [2.45, 2.75) is 18.5 Å². The van der Waals surface area contributed by atoms with Gasteiger partial charge >= 0.3 is 0 Å². The zero-order chi connectivity index (χ0) is 16.8. The van der Waals surface area contributed by atoms with Crippen LogP contribution in [0.1, 0.15) is 23.6 Å². The summed E-state index contributed by atoms with van der Waals surface area (Å²) in [6.07, 6.45) is 0.514. The smallest absolute Gasteiger partial charge is 0.221 e. The van der Waals surface area contributed by atoms with Crippen LogP contribution in [-0.4, -0.2) is 43.5 Å². The number of rotatable bonds is 5. The van der Waals surface area contributed by atoms with Crippen LogP contribution in [0.4, 0.5) is 0 Å². The summed E-state index contributed by atoms with van der Waals surface area (Å²) in [6.45, 7) is 2.71. The number of nitrogens with one attached hydrogen (secondary N) is 2. The van der Waals surface area contributed by atoms with Crippen molar-refractivity contribution in [2.24, 2.45) is 0 Å². The molecule has 0 aromatic heterocycles. The van der Waals surface area contributed by atoms with Gasteiger partial charge in [-0.2, -0.15) is 0 Å². The topological polar surface area (TPSA) is 44.4 Å². The van der Waals surface area contributed by atoms with E-state index in [9.17, 15) is 4.79 Å². The Morgan fingerprint density at radius 2 is 1.71 bits per heavy atom. The molecule has 1 saturated heterocycles. The van der Waals surface area contributed by atoms with Crippen molar-refractivity contribution < 1.29 is 4.79 Å². The summed E-state index contributed by atoms with van der Waals surface area (Å²) >= 11 is 0. The fraction of sp³-hybridized carbons (Fsp3) is 0.350. The van der Waals surface area contributed by atoms with E-state index in [0.29, 0.717) is 6.42 Å². The number of hydrogen-bond acceptors (Lipinski definition) is 3. The number of benzene rings is 2. The first-order valence-corrected chi connectivity index (χ1v) is 8.56. The van der Waals surface area contributed by atoms with Crippen molar-refractivity contribution in [1.82, 2.24) is 15.5 Å². The zero-order valence-corrected chi connectivity index (χ0v) is 14.1. The molecule has 1 aliphatic rings. The summed E-state index contributed by atoms with van der Waals surface area (Å²) in [4.78, 5) is 14.4. The lowest BCUT2D eigenvalue weighted by molar-refractivity contribution is -0.122. The highest BCUT2D eigenvalue weighted by molar-refractivity contribution is 5.76. The standard InChI is InChI=1S/C20H25N3O/c1-21-19(24)14-18-15-22-12-13-23(18)20(16-8-4-2-5-9-16)17-10-6-3-7-11-17/h2-11,18,20,22H,12-15H2,1H3,(H,21,24)/t18-/m1/s1. The van der Waals surface area contributed by atoms with Gasteiger partial charge in [0.2, 0.25) is 5.91 Å². The van der Waals surface area contributed by atoms with E-state index in [2.05, 4.69) is 64.1 Å². The highest BCUT2D eigenvalue weighted by Crippen LogP contribution is 2.31. The maximum atomic E-state index is 12.0. The first-order chi connectivity index (χ1) is 11.8. The predicted molar refractivity (Wildman–Crippen MR) is 96.8 cm³/mol. The van der Waals surface area contributed by atoms with Gasteiger partial charge in [-0.1, -0.05) is 60.7 Å². The lowest BCUT2D eigenvalue weighted by Gasteiger charge is -2.41. The molecule has 4 nitrogen and oxygen atoms in total. The lowest BCUT2D eigenvalue weighted by atomic mass is 9.94. The summed E-state index contributed by atoms with van der Waals surface area (Å²) in [7, 11) is 1.70. The Kier molecular flexibility index (Phi) is 5.62. The van der Waals surface area contributed by atoms with Crippen molar-refractivity contribution in [3.63, 3.8) is 0 Å². The molecule has 2 aromatic carbocycles. The van der Waals surface area contributed by atoms with Gasteiger partial charge in [0.1, 0.15) is 0 Å². The van der Waals surface area contributed by atoms with Crippen LogP contribution < -0.4 is 10.6 Å². The largest absolute Gasteiger partial charge is 0.359 e. The molecule has 0 radical (unpaired) electrons. The Hall–Kier alpha value is -2.17. The SMILES string of the molecule is CNC(=O)C[C@@H]1CNCCN1C(c1ccccc1)c1ccccc1. The minimum atomic E-state index is 0.0913. The molecule has 0 spiro atoms. The van der Waals surface area contributed by atoms with E-state index in [1.165, 1.54) is 11.1 Å². The molecule has 1 fully saturated rings. The molecule has 0 aliphatic carbocycles. The third-order valence-electron chi connectivity index (χ3n) is 4.66. The van der Waals surface area contributed by atoms with Crippen LogP contribution in [0.3, 0.4) is 0 Å². The Morgan fingerprint density at radius 3 is 2.25 bits per heavy atom. The minimum absolute atomic E-state index is 0.0913. The molecule has 2 N–H and O–H groups in total. The molecular formula is C20H25N3O. The summed E-state index contributed by atoms with van der Waals surface area (Å²) in [5, 5.41) is 6.19. The normalized spacial score (nSPS) is 18.5. The number of hydrogen-bond donors (Lipinski definition) is 2. The van der Waals surface area contributed by atoms with Crippen molar-refractivity contribution in [2.75, 3.05) is 26.7 Å². The van der Waals surface area contributed by atoms with Crippen LogP contribution in [0, 0.1) is 0 Å². The Labute approximate surface area is 143 Å². The molecule has 1 atom stereocenters. The molecular weight excluding hydrogens is 298 g/mol. The molecule has 4 heteroatoms. The summed E-state index contributed by atoms with van der Waals surface area (Å²) < 4.78 is 0. The number of nitrogens with zero attached hydrogens (tertiary/aromatic N) is 1. The predicted octanol–water partition coefficient (Wildman–Crippen LogP) is 2.19. The second kappa shape index (κ2) is 8.08. The van der Waals surface area contributed by atoms with Crippen LogP contribution in [0.5, 0.6) is 0 Å². The molecule has 2 aromatic rings. The van der Waals surface area contributed by atoms with E-state index in [4.69, 9.17) is 0 Å². The fourth-order valence-corrected chi connectivity index (χ4v) is 3.47. The van der Waals surface area contributed by atoms with Crippen LogP contribution in [0.25, 0.3) is 0 Å². The number of carbonyl (C=O) groups excluding carboxylic acids is 1. The molecule has 3 rings (SSSR count). The Bertz CT molecular complexity index is 605. The van der Waals surface area contributed by atoms with Gasteiger partial charge < -0.3 is 10.6 Å². The van der Waals surface area contributed by atoms with Crippen molar-refractivity contribution in [3.8, 4) is 0 Å². The lowest BCUT2D eigenvalue weighted by Crippen LogP contribution is -2.54. The van der Waals surface area contributed by atoms with Crippen LogP contribution in [0.15, 0.2) is 60.7 Å². The Morgan fingerprint density at radius 1 is 1.12 bits per heavy atom. The van der Waals surface area contributed by atoms with Gasteiger partial charge in [0, 0.05) is 39.1 Å². The van der Waals surface area contributed by atoms with E-state index in [0.717, 1.165) is 19.6 Å². The highest BCUT2D eigenvalue weighted by atomic mass is 16.1. The van der Waals surface area contributed by atoms with Gasteiger partial charge in [0.25, 0.3) is 0 Å². The van der Waals surface area contributed by atoms with E-state index < -0.39 is 0 Å². The second-order valence-corrected chi connectivity index (χ2v) is 6.20. The molecule has 0 unspecified atom stereocenters. The fourth-order valence-electron chi connectivity index (χ4n) is 3.47. The first-order valence-electron chi connectivity index (χ1n) is 8.56. The third-order valence-corrected chi connectivity index (χ3v) is 4.66. The zero-order valence-electron chi connectivity index (χ0n) is 14.1. The summed E-state index contributed by atoms with van der Waals surface area (Å²) in [5.41, 5.74) is 2.54. The molecule has 1 heterocycles. The minimum Gasteiger partial charge on any atom is -0.359 e. The van der Waals surface area contributed by atoms with E-state index in [-0.39, 0.29) is 18.0 Å². The van der Waals surface area contributed by atoms with Crippen LogP contribution >= 0.6 is 0 Å². The number of amides is 1. The van der Waals surface area contributed by atoms with Crippen molar-refractivity contribution >= 4 is 5.91 Å². The van der Waals surface area contributed by atoms with E-state index >= 15 is 0 Å². The average Bonchev–Trinajstić information content (AvgIpc) is 2.65. The number of piperazine rings is 1. The van der Waals surface area contributed by atoms with E-state index in [1.807, 2.05) is 12.1 Å². The maximum absolute atomic E-state index is 12.0.